The van der Waals surface area contributed by atoms with Crippen LogP contribution in [0.15, 0.2) is 48.7 Å². The van der Waals surface area contributed by atoms with Crippen molar-refractivity contribution in [1.82, 2.24) is 9.97 Å². The van der Waals surface area contributed by atoms with E-state index in [0.29, 0.717) is 17.2 Å². The van der Waals surface area contributed by atoms with E-state index < -0.39 is 0 Å². The van der Waals surface area contributed by atoms with Gasteiger partial charge in [0, 0.05) is 22.5 Å². The van der Waals surface area contributed by atoms with Gasteiger partial charge in [0.15, 0.2) is 11.5 Å². The Morgan fingerprint density at radius 3 is 2.30 bits per heavy atom. The number of para-hydroxylation sites is 1. The Balaban J connectivity index is 1.79. The number of methoxy groups -OCH3 is 3. The molecule has 136 valence electrons. The molecule has 2 aromatic heterocycles. The molecule has 27 heavy (non-hydrogen) atoms. The standard InChI is InChI=1S/C22H20N2O3/c1-25-19-12-14(13-20(26-2)22(19)27-3)8-9-18-21-16(10-11-23-18)15-6-4-5-7-17(15)24-21/h4-13,24H,1-3H3. The highest BCUT2D eigenvalue weighted by atomic mass is 16.5. The van der Waals surface area contributed by atoms with Crippen molar-refractivity contribution in [3.63, 3.8) is 0 Å². The lowest BCUT2D eigenvalue weighted by Crippen LogP contribution is -1.95. The van der Waals surface area contributed by atoms with Crippen LogP contribution >= 0.6 is 0 Å². The molecule has 2 aromatic carbocycles. The molecular formula is C22H20N2O3. The van der Waals surface area contributed by atoms with Crippen molar-refractivity contribution in [2.24, 2.45) is 0 Å². The summed E-state index contributed by atoms with van der Waals surface area (Å²) in [6.07, 6.45) is 5.80. The van der Waals surface area contributed by atoms with Crippen molar-refractivity contribution in [1.29, 1.82) is 0 Å². The molecule has 1 N–H and O–H groups in total. The number of ether oxygens (including phenoxy) is 3. The van der Waals surface area contributed by atoms with Gasteiger partial charge in [0.1, 0.15) is 0 Å². The van der Waals surface area contributed by atoms with Crippen LogP contribution in [0.3, 0.4) is 0 Å². The van der Waals surface area contributed by atoms with Crippen molar-refractivity contribution >= 4 is 34.0 Å². The van der Waals surface area contributed by atoms with Crippen LogP contribution in [0.2, 0.25) is 0 Å². The van der Waals surface area contributed by atoms with E-state index >= 15 is 0 Å². The van der Waals surface area contributed by atoms with Gasteiger partial charge in [-0.15, -0.1) is 0 Å². The molecule has 4 rings (SSSR count). The summed E-state index contributed by atoms with van der Waals surface area (Å²) < 4.78 is 16.2. The van der Waals surface area contributed by atoms with Gasteiger partial charge < -0.3 is 19.2 Å². The number of nitrogens with zero attached hydrogens (tertiary/aromatic N) is 1. The van der Waals surface area contributed by atoms with E-state index in [4.69, 9.17) is 14.2 Å². The van der Waals surface area contributed by atoms with E-state index in [9.17, 15) is 0 Å². The summed E-state index contributed by atoms with van der Waals surface area (Å²) in [6, 6.07) is 14.1. The third-order valence-corrected chi connectivity index (χ3v) is 4.58. The third-order valence-electron chi connectivity index (χ3n) is 4.58. The first-order valence-corrected chi connectivity index (χ1v) is 8.58. The number of H-pyrrole nitrogens is 1. The Bertz CT molecular complexity index is 1120. The first-order valence-electron chi connectivity index (χ1n) is 8.58. The first kappa shape index (κ1) is 17.0. The number of hydrogen-bond donors (Lipinski definition) is 1. The minimum atomic E-state index is 0.577. The molecule has 0 amide bonds. The molecule has 0 aliphatic carbocycles. The zero-order valence-electron chi connectivity index (χ0n) is 15.4. The van der Waals surface area contributed by atoms with Gasteiger partial charge in [-0.25, -0.2) is 0 Å². The average Bonchev–Trinajstić information content (AvgIpc) is 3.10. The summed E-state index contributed by atoms with van der Waals surface area (Å²) in [5.74, 6) is 1.81. The van der Waals surface area contributed by atoms with Gasteiger partial charge in [0.05, 0.1) is 32.5 Å². The second-order valence-corrected chi connectivity index (χ2v) is 6.08. The predicted octanol–water partition coefficient (Wildman–Crippen LogP) is 4.91. The van der Waals surface area contributed by atoms with E-state index in [1.54, 1.807) is 21.3 Å². The van der Waals surface area contributed by atoms with Gasteiger partial charge in [-0.05, 0) is 35.9 Å². The maximum Gasteiger partial charge on any atom is 0.203 e. The Kier molecular flexibility index (Phi) is 4.42. The molecule has 0 fully saturated rings. The molecule has 5 heteroatoms. The third kappa shape index (κ3) is 2.97. The van der Waals surface area contributed by atoms with Gasteiger partial charge in [-0.1, -0.05) is 24.3 Å². The van der Waals surface area contributed by atoms with Crippen LogP contribution in [0.1, 0.15) is 11.3 Å². The monoisotopic (exact) mass is 360 g/mol. The highest BCUT2D eigenvalue weighted by Gasteiger charge is 2.12. The minimum Gasteiger partial charge on any atom is -0.493 e. The number of rotatable bonds is 5. The van der Waals surface area contributed by atoms with Crippen LogP contribution in [0.25, 0.3) is 34.0 Å². The number of pyridine rings is 1. The van der Waals surface area contributed by atoms with E-state index in [-0.39, 0.29) is 0 Å². The lowest BCUT2D eigenvalue weighted by atomic mass is 10.1. The molecule has 0 saturated carbocycles. The molecule has 5 nitrogen and oxygen atoms in total. The second-order valence-electron chi connectivity index (χ2n) is 6.08. The summed E-state index contributed by atoms with van der Waals surface area (Å²) in [6.45, 7) is 0. The molecule has 0 aliphatic rings. The molecule has 0 radical (unpaired) electrons. The fourth-order valence-electron chi connectivity index (χ4n) is 3.29. The Morgan fingerprint density at radius 1 is 0.852 bits per heavy atom. The van der Waals surface area contributed by atoms with Crippen molar-refractivity contribution in [2.75, 3.05) is 21.3 Å². The van der Waals surface area contributed by atoms with Crippen molar-refractivity contribution < 1.29 is 14.2 Å². The highest BCUT2D eigenvalue weighted by Crippen LogP contribution is 2.38. The van der Waals surface area contributed by atoms with Gasteiger partial charge in [-0.2, -0.15) is 0 Å². The summed E-state index contributed by atoms with van der Waals surface area (Å²) in [4.78, 5) is 7.99. The average molecular weight is 360 g/mol. The van der Waals surface area contributed by atoms with Crippen LogP contribution in [-0.4, -0.2) is 31.3 Å². The maximum absolute atomic E-state index is 5.42. The number of nitrogens with one attached hydrogen (secondary N) is 1. The fraction of sp³-hybridized carbons (Fsp3) is 0.136. The van der Waals surface area contributed by atoms with Crippen molar-refractivity contribution in [2.45, 2.75) is 0 Å². The molecule has 0 atom stereocenters. The van der Waals surface area contributed by atoms with E-state index in [1.807, 2.05) is 48.7 Å². The normalized spacial score (nSPS) is 11.4. The Hall–Kier alpha value is -3.47. The van der Waals surface area contributed by atoms with Crippen molar-refractivity contribution in [3.05, 3.63) is 59.9 Å². The smallest absolute Gasteiger partial charge is 0.203 e. The van der Waals surface area contributed by atoms with Crippen LogP contribution in [0, 0.1) is 0 Å². The van der Waals surface area contributed by atoms with Crippen molar-refractivity contribution in [3.8, 4) is 17.2 Å². The number of fused-ring (bicyclic) bond motifs is 3. The van der Waals surface area contributed by atoms with Crippen LogP contribution in [-0.2, 0) is 0 Å². The molecule has 0 aliphatic heterocycles. The molecule has 0 spiro atoms. The van der Waals surface area contributed by atoms with Gasteiger partial charge in [-0.3, -0.25) is 4.98 Å². The van der Waals surface area contributed by atoms with E-state index in [2.05, 4.69) is 22.1 Å². The fourth-order valence-corrected chi connectivity index (χ4v) is 3.29. The van der Waals surface area contributed by atoms with Gasteiger partial charge in [0.25, 0.3) is 0 Å². The highest BCUT2D eigenvalue weighted by molar-refractivity contribution is 6.09. The lowest BCUT2D eigenvalue weighted by Gasteiger charge is -2.12. The molecule has 0 saturated heterocycles. The van der Waals surface area contributed by atoms with Crippen LogP contribution in [0.4, 0.5) is 0 Å². The van der Waals surface area contributed by atoms with Crippen LogP contribution < -0.4 is 14.2 Å². The largest absolute Gasteiger partial charge is 0.493 e. The number of hydrogen-bond acceptors (Lipinski definition) is 4. The molecule has 0 unspecified atom stereocenters. The number of aromatic amines is 1. The Morgan fingerprint density at radius 2 is 1.59 bits per heavy atom. The first-order chi connectivity index (χ1) is 13.2. The Labute approximate surface area is 157 Å². The number of aromatic nitrogens is 2. The summed E-state index contributed by atoms with van der Waals surface area (Å²) in [5, 5.41) is 2.35. The minimum absolute atomic E-state index is 0.577. The quantitative estimate of drug-likeness (QED) is 0.549. The van der Waals surface area contributed by atoms with E-state index in [0.717, 1.165) is 27.7 Å². The van der Waals surface area contributed by atoms with Gasteiger partial charge >= 0.3 is 0 Å². The topological polar surface area (TPSA) is 56.4 Å². The van der Waals surface area contributed by atoms with Crippen LogP contribution in [0.5, 0.6) is 17.2 Å². The zero-order chi connectivity index (χ0) is 18.8. The zero-order valence-corrected chi connectivity index (χ0v) is 15.4. The summed E-state index contributed by atoms with van der Waals surface area (Å²) in [7, 11) is 4.81. The summed E-state index contributed by atoms with van der Waals surface area (Å²) in [5.41, 5.74) is 3.92. The molecule has 0 bridgehead atoms. The predicted molar refractivity (Wildman–Crippen MR) is 109 cm³/mol. The maximum atomic E-state index is 5.42. The molecule has 4 aromatic rings. The van der Waals surface area contributed by atoms with E-state index in [1.165, 1.54) is 5.39 Å². The second kappa shape index (κ2) is 7.03. The molecule has 2 heterocycles. The number of benzene rings is 2. The van der Waals surface area contributed by atoms with Gasteiger partial charge in [0.2, 0.25) is 5.75 Å². The summed E-state index contributed by atoms with van der Waals surface area (Å²) >= 11 is 0. The SMILES string of the molecule is COc1cc(C=Cc2nccc3c2[nH]c2ccccc23)cc(OC)c1OC. The molecular weight excluding hydrogens is 340 g/mol. The lowest BCUT2D eigenvalue weighted by molar-refractivity contribution is 0.324.